The minimum absolute atomic E-state index is 0.0858. The van der Waals surface area contributed by atoms with Crippen LogP contribution in [0.5, 0.6) is 5.75 Å². The molecule has 0 spiro atoms. The first-order chi connectivity index (χ1) is 9.90. The molecular formula is C14H18F3NO3. The largest absolute Gasteiger partial charge is 0.491 e. The van der Waals surface area contributed by atoms with Gasteiger partial charge in [-0.2, -0.15) is 13.2 Å². The van der Waals surface area contributed by atoms with Crippen molar-refractivity contribution >= 4 is 5.97 Å². The summed E-state index contributed by atoms with van der Waals surface area (Å²) in [6.45, 7) is 1.17. The number of alkyl halides is 3. The van der Waals surface area contributed by atoms with E-state index >= 15 is 0 Å². The number of rotatable bonds is 9. The molecule has 1 aromatic rings. The monoisotopic (exact) mass is 305 g/mol. The van der Waals surface area contributed by atoms with E-state index in [2.05, 4.69) is 5.32 Å². The molecule has 118 valence electrons. The standard InChI is InChI=1S/C14H18F3NO3/c15-14(16,17)7-3-4-8-18-9-10-21-12-6-2-1-5-11(12)13(19)20/h1-2,5-6,18H,3-4,7-10H2,(H,19,20). The summed E-state index contributed by atoms with van der Waals surface area (Å²) in [6, 6.07) is 6.29. The molecule has 0 fully saturated rings. The van der Waals surface area contributed by atoms with E-state index in [-0.39, 0.29) is 24.3 Å². The fourth-order valence-electron chi connectivity index (χ4n) is 1.70. The molecule has 0 unspecified atom stereocenters. The summed E-state index contributed by atoms with van der Waals surface area (Å²) in [6.07, 6.45) is -4.33. The van der Waals surface area contributed by atoms with Crippen LogP contribution in [0.4, 0.5) is 13.2 Å². The van der Waals surface area contributed by atoms with Crippen molar-refractivity contribution in [2.75, 3.05) is 19.7 Å². The van der Waals surface area contributed by atoms with Gasteiger partial charge in [0.2, 0.25) is 0 Å². The van der Waals surface area contributed by atoms with Gasteiger partial charge in [-0.15, -0.1) is 0 Å². The van der Waals surface area contributed by atoms with Crippen LogP contribution in [0.2, 0.25) is 0 Å². The summed E-state index contributed by atoms with van der Waals surface area (Å²) in [4.78, 5) is 10.9. The van der Waals surface area contributed by atoms with Crippen molar-refractivity contribution in [3.8, 4) is 5.75 Å². The molecule has 0 radical (unpaired) electrons. The lowest BCUT2D eigenvalue weighted by atomic mass is 10.2. The number of carboxylic acids is 1. The highest BCUT2D eigenvalue weighted by Crippen LogP contribution is 2.21. The number of halogens is 3. The van der Waals surface area contributed by atoms with Crippen LogP contribution >= 0.6 is 0 Å². The molecule has 7 heteroatoms. The van der Waals surface area contributed by atoms with Gasteiger partial charge in [0.25, 0.3) is 0 Å². The summed E-state index contributed by atoms with van der Waals surface area (Å²) < 4.78 is 41.0. The van der Waals surface area contributed by atoms with Crippen LogP contribution < -0.4 is 10.1 Å². The first-order valence-electron chi connectivity index (χ1n) is 6.63. The van der Waals surface area contributed by atoms with Crippen LogP contribution in [0.15, 0.2) is 24.3 Å². The second-order valence-corrected chi connectivity index (χ2v) is 4.47. The van der Waals surface area contributed by atoms with Gasteiger partial charge in [0, 0.05) is 13.0 Å². The maximum Gasteiger partial charge on any atom is 0.389 e. The van der Waals surface area contributed by atoms with Crippen LogP contribution in [0, 0.1) is 0 Å². The van der Waals surface area contributed by atoms with Gasteiger partial charge < -0.3 is 15.2 Å². The summed E-state index contributed by atoms with van der Waals surface area (Å²) in [5.41, 5.74) is 0.0858. The lowest BCUT2D eigenvalue weighted by Crippen LogP contribution is -2.22. The number of hydrogen-bond donors (Lipinski definition) is 2. The Morgan fingerprint density at radius 1 is 1.19 bits per heavy atom. The molecule has 0 aromatic heterocycles. The Balaban J connectivity index is 2.14. The number of para-hydroxylation sites is 1. The van der Waals surface area contributed by atoms with Gasteiger partial charge in [-0.25, -0.2) is 4.79 Å². The normalized spacial score (nSPS) is 11.4. The number of benzene rings is 1. The maximum absolute atomic E-state index is 11.9. The van der Waals surface area contributed by atoms with Crippen molar-refractivity contribution in [3.63, 3.8) is 0 Å². The van der Waals surface area contributed by atoms with Crippen LogP contribution in [-0.4, -0.2) is 36.9 Å². The molecule has 0 heterocycles. The van der Waals surface area contributed by atoms with E-state index in [1.165, 1.54) is 6.07 Å². The minimum atomic E-state index is -4.09. The first-order valence-corrected chi connectivity index (χ1v) is 6.63. The third kappa shape index (κ3) is 7.55. The van der Waals surface area contributed by atoms with Crippen LogP contribution in [0.25, 0.3) is 0 Å². The zero-order valence-corrected chi connectivity index (χ0v) is 11.4. The molecule has 0 saturated carbocycles. The van der Waals surface area contributed by atoms with E-state index in [1.807, 2.05) is 0 Å². The van der Waals surface area contributed by atoms with Gasteiger partial charge in [-0.1, -0.05) is 12.1 Å². The molecule has 0 bridgehead atoms. The van der Waals surface area contributed by atoms with Crippen LogP contribution in [-0.2, 0) is 0 Å². The number of hydrogen-bond acceptors (Lipinski definition) is 3. The first kappa shape index (κ1) is 17.3. The Labute approximate surface area is 120 Å². The minimum Gasteiger partial charge on any atom is -0.491 e. The van der Waals surface area contributed by atoms with E-state index < -0.39 is 18.6 Å². The van der Waals surface area contributed by atoms with Crippen molar-refractivity contribution in [2.24, 2.45) is 0 Å². The van der Waals surface area contributed by atoms with Gasteiger partial charge in [0.1, 0.15) is 17.9 Å². The van der Waals surface area contributed by atoms with Gasteiger partial charge in [-0.3, -0.25) is 0 Å². The fourth-order valence-corrected chi connectivity index (χ4v) is 1.70. The zero-order chi connectivity index (χ0) is 15.7. The molecular weight excluding hydrogens is 287 g/mol. The lowest BCUT2D eigenvalue weighted by molar-refractivity contribution is -0.135. The van der Waals surface area contributed by atoms with E-state index in [0.717, 1.165) is 0 Å². The van der Waals surface area contributed by atoms with Gasteiger partial charge in [-0.05, 0) is 31.5 Å². The Kier molecular flexibility index (Phi) is 7.01. The number of nitrogens with one attached hydrogen (secondary N) is 1. The third-order valence-electron chi connectivity index (χ3n) is 2.72. The molecule has 1 aromatic carbocycles. The highest BCUT2D eigenvalue weighted by Gasteiger charge is 2.25. The smallest absolute Gasteiger partial charge is 0.389 e. The number of ether oxygens (including phenoxy) is 1. The molecule has 2 N–H and O–H groups in total. The molecule has 21 heavy (non-hydrogen) atoms. The highest BCUT2D eigenvalue weighted by molar-refractivity contribution is 5.90. The van der Waals surface area contributed by atoms with Crippen molar-refractivity contribution in [2.45, 2.75) is 25.4 Å². The average molecular weight is 305 g/mol. The zero-order valence-electron chi connectivity index (χ0n) is 11.4. The van der Waals surface area contributed by atoms with Crippen molar-refractivity contribution in [1.29, 1.82) is 0 Å². The molecule has 0 saturated heterocycles. The molecule has 0 atom stereocenters. The quantitative estimate of drug-likeness (QED) is 0.688. The summed E-state index contributed by atoms with van der Waals surface area (Å²) >= 11 is 0. The topological polar surface area (TPSA) is 58.6 Å². The van der Waals surface area contributed by atoms with Crippen molar-refractivity contribution < 1.29 is 27.8 Å². The molecule has 0 aliphatic carbocycles. The van der Waals surface area contributed by atoms with Gasteiger partial charge >= 0.3 is 12.1 Å². The second-order valence-electron chi connectivity index (χ2n) is 4.47. The van der Waals surface area contributed by atoms with E-state index in [0.29, 0.717) is 19.5 Å². The SMILES string of the molecule is O=C(O)c1ccccc1OCCNCCCCC(F)(F)F. The Morgan fingerprint density at radius 3 is 2.57 bits per heavy atom. The van der Waals surface area contributed by atoms with Crippen LogP contribution in [0.1, 0.15) is 29.6 Å². The Bertz CT molecular complexity index is 449. The highest BCUT2D eigenvalue weighted by atomic mass is 19.4. The predicted octanol–water partition coefficient (Wildman–Crippen LogP) is 3.09. The fraction of sp³-hybridized carbons (Fsp3) is 0.500. The molecule has 4 nitrogen and oxygen atoms in total. The summed E-state index contributed by atoms with van der Waals surface area (Å²) in [5, 5.41) is 11.9. The van der Waals surface area contributed by atoms with Gasteiger partial charge in [0.15, 0.2) is 0 Å². The number of unbranched alkanes of at least 4 members (excludes halogenated alkanes) is 1. The van der Waals surface area contributed by atoms with Crippen molar-refractivity contribution in [1.82, 2.24) is 5.32 Å². The number of aromatic carboxylic acids is 1. The van der Waals surface area contributed by atoms with Crippen LogP contribution in [0.3, 0.4) is 0 Å². The van der Waals surface area contributed by atoms with E-state index in [4.69, 9.17) is 9.84 Å². The molecule has 0 aliphatic rings. The van der Waals surface area contributed by atoms with Gasteiger partial charge in [0.05, 0.1) is 0 Å². The lowest BCUT2D eigenvalue weighted by Gasteiger charge is -2.10. The Morgan fingerprint density at radius 2 is 1.90 bits per heavy atom. The van der Waals surface area contributed by atoms with E-state index in [9.17, 15) is 18.0 Å². The molecule has 0 amide bonds. The summed E-state index contributed by atoms with van der Waals surface area (Å²) in [5.74, 6) is -0.783. The number of carbonyl (C=O) groups is 1. The second kappa shape index (κ2) is 8.51. The summed E-state index contributed by atoms with van der Waals surface area (Å²) in [7, 11) is 0. The van der Waals surface area contributed by atoms with E-state index in [1.54, 1.807) is 18.2 Å². The van der Waals surface area contributed by atoms with Crippen molar-refractivity contribution in [3.05, 3.63) is 29.8 Å². The third-order valence-corrected chi connectivity index (χ3v) is 2.72. The molecule has 1 rings (SSSR count). The average Bonchev–Trinajstić information content (AvgIpc) is 2.41. The maximum atomic E-state index is 11.9. The predicted molar refractivity (Wildman–Crippen MR) is 71.7 cm³/mol. The Hall–Kier alpha value is -1.76. The molecule has 0 aliphatic heterocycles. The number of carboxylic acid groups (broad SMARTS) is 1.